The maximum absolute atomic E-state index is 14.9. The lowest BCUT2D eigenvalue weighted by Crippen LogP contribution is -2.24. The summed E-state index contributed by atoms with van der Waals surface area (Å²) in [7, 11) is 0. The van der Waals surface area contributed by atoms with Crippen molar-refractivity contribution in [3.8, 4) is 5.75 Å². The number of pyridine rings is 1. The van der Waals surface area contributed by atoms with Crippen LogP contribution in [0.2, 0.25) is 0 Å². The van der Waals surface area contributed by atoms with E-state index >= 15 is 0 Å². The molecule has 0 aliphatic carbocycles. The minimum atomic E-state index is -3.54. The van der Waals surface area contributed by atoms with E-state index in [1.165, 1.54) is 6.07 Å². The number of benzene rings is 3. The molecule has 1 aromatic heterocycles. The maximum atomic E-state index is 14.9. The van der Waals surface area contributed by atoms with Crippen molar-refractivity contribution in [3.63, 3.8) is 0 Å². The van der Waals surface area contributed by atoms with Crippen LogP contribution in [-0.2, 0) is 6.11 Å². The molecule has 0 saturated heterocycles. The molecule has 1 heterocycles. The van der Waals surface area contributed by atoms with Crippen molar-refractivity contribution in [1.29, 1.82) is 0 Å². The number of hydrogen-bond acceptors (Lipinski definition) is 2. The summed E-state index contributed by atoms with van der Waals surface area (Å²) in [5.41, 5.74) is 0.997. The Bertz CT molecular complexity index is 1080. The van der Waals surface area contributed by atoms with Crippen LogP contribution in [0.3, 0.4) is 0 Å². The van der Waals surface area contributed by atoms with Gasteiger partial charge >= 0.3 is 6.11 Å². The fraction of sp³-hybridized carbons (Fsp3) is 0.0952. The highest BCUT2D eigenvalue weighted by molar-refractivity contribution is 6.06. The van der Waals surface area contributed by atoms with Crippen LogP contribution in [0.15, 0.2) is 72.8 Å². The number of halogens is 2. The first-order chi connectivity index (χ1) is 12.0. The topological polar surface area (TPSA) is 22.1 Å². The summed E-state index contributed by atoms with van der Waals surface area (Å²) in [6, 6.07) is 20.9. The van der Waals surface area contributed by atoms with Gasteiger partial charge in [-0.15, -0.1) is 0 Å². The van der Waals surface area contributed by atoms with Crippen LogP contribution in [-0.4, -0.2) is 4.98 Å². The lowest BCUT2D eigenvalue weighted by Gasteiger charge is -2.20. The Morgan fingerprint density at radius 3 is 2.24 bits per heavy atom. The Labute approximate surface area is 143 Å². The predicted molar refractivity (Wildman–Crippen MR) is 95.0 cm³/mol. The summed E-state index contributed by atoms with van der Waals surface area (Å²) >= 11 is 0. The van der Waals surface area contributed by atoms with Crippen LogP contribution in [0.1, 0.15) is 11.3 Å². The van der Waals surface area contributed by atoms with E-state index in [2.05, 4.69) is 4.98 Å². The van der Waals surface area contributed by atoms with Gasteiger partial charge in [-0.1, -0.05) is 54.6 Å². The van der Waals surface area contributed by atoms with Gasteiger partial charge in [0.05, 0.1) is 5.52 Å². The van der Waals surface area contributed by atoms with Crippen molar-refractivity contribution >= 4 is 21.7 Å². The summed E-state index contributed by atoms with van der Waals surface area (Å²) in [4.78, 5) is 4.22. The lowest BCUT2D eigenvalue weighted by molar-refractivity contribution is -0.187. The maximum Gasteiger partial charge on any atom is 0.444 e. The molecule has 0 amide bonds. The Hall–Kier alpha value is -3.01. The largest absolute Gasteiger partial charge is 0.444 e. The summed E-state index contributed by atoms with van der Waals surface area (Å²) in [5, 5.41) is 1.96. The van der Waals surface area contributed by atoms with Gasteiger partial charge in [-0.05, 0) is 36.1 Å². The first-order valence-electron chi connectivity index (χ1n) is 7.96. The van der Waals surface area contributed by atoms with E-state index in [0.29, 0.717) is 10.9 Å². The third kappa shape index (κ3) is 2.80. The zero-order valence-electron chi connectivity index (χ0n) is 13.5. The monoisotopic (exact) mass is 335 g/mol. The Balaban J connectivity index is 1.91. The minimum Gasteiger partial charge on any atom is -0.428 e. The van der Waals surface area contributed by atoms with Gasteiger partial charge in [-0.25, -0.2) is 4.98 Å². The second-order valence-corrected chi connectivity index (χ2v) is 5.96. The number of nitrogens with zero attached hydrogens (tertiary/aromatic N) is 1. The molecule has 0 radical (unpaired) electrons. The van der Waals surface area contributed by atoms with Crippen LogP contribution in [0.4, 0.5) is 8.78 Å². The summed E-state index contributed by atoms with van der Waals surface area (Å²) < 4.78 is 34.9. The van der Waals surface area contributed by atoms with Crippen LogP contribution in [0, 0.1) is 6.92 Å². The van der Waals surface area contributed by atoms with Gasteiger partial charge in [0, 0.05) is 10.8 Å². The fourth-order valence-corrected chi connectivity index (χ4v) is 3.00. The molecule has 0 saturated carbocycles. The number of aryl methyl sites for hydroxylation is 1. The average Bonchev–Trinajstić information content (AvgIpc) is 2.60. The zero-order chi connectivity index (χ0) is 17.4. The second kappa shape index (κ2) is 5.81. The molecule has 0 unspecified atom stereocenters. The molecule has 0 atom stereocenters. The first kappa shape index (κ1) is 15.5. The molecule has 0 bridgehead atoms. The molecule has 4 heteroatoms. The highest BCUT2D eigenvalue weighted by Crippen LogP contribution is 2.37. The van der Waals surface area contributed by atoms with Crippen LogP contribution in [0.5, 0.6) is 5.75 Å². The highest BCUT2D eigenvalue weighted by atomic mass is 19.3. The van der Waals surface area contributed by atoms with Crippen molar-refractivity contribution in [2.75, 3.05) is 0 Å². The normalized spacial score (nSPS) is 11.8. The summed E-state index contributed by atoms with van der Waals surface area (Å²) in [6.07, 6.45) is -3.54. The first-order valence-corrected chi connectivity index (χ1v) is 7.96. The SMILES string of the molecule is Cc1cccc(OC(F)(F)c2nc3ccccc3c3ccccc23)c1. The van der Waals surface area contributed by atoms with Crippen molar-refractivity contribution in [2.45, 2.75) is 13.0 Å². The molecule has 0 aliphatic rings. The molecule has 0 fully saturated rings. The van der Waals surface area contributed by atoms with Crippen LogP contribution in [0.25, 0.3) is 21.7 Å². The van der Waals surface area contributed by atoms with Gasteiger partial charge in [0.15, 0.2) is 5.69 Å². The Kier molecular flexibility index (Phi) is 3.61. The predicted octanol–water partition coefficient (Wildman–Crippen LogP) is 5.82. The highest BCUT2D eigenvalue weighted by Gasteiger charge is 2.38. The number of rotatable bonds is 3. The summed E-state index contributed by atoms with van der Waals surface area (Å²) in [5.74, 6) is 0.115. The number of alkyl halides is 2. The van der Waals surface area contributed by atoms with Crippen molar-refractivity contribution in [2.24, 2.45) is 0 Å². The minimum absolute atomic E-state index is 0.115. The molecular formula is C21H15F2NO. The molecule has 2 nitrogen and oxygen atoms in total. The van der Waals surface area contributed by atoms with E-state index in [1.807, 2.05) is 37.3 Å². The molecule has 4 rings (SSSR count). The number of hydrogen-bond donors (Lipinski definition) is 0. The van der Waals surface area contributed by atoms with E-state index < -0.39 is 6.11 Å². The fourth-order valence-electron chi connectivity index (χ4n) is 3.00. The Morgan fingerprint density at radius 1 is 0.800 bits per heavy atom. The van der Waals surface area contributed by atoms with Crippen LogP contribution >= 0.6 is 0 Å². The van der Waals surface area contributed by atoms with E-state index in [-0.39, 0.29) is 11.4 Å². The molecule has 124 valence electrons. The molecule has 0 N–H and O–H groups in total. The van der Waals surface area contributed by atoms with Gasteiger partial charge in [0.2, 0.25) is 0 Å². The summed E-state index contributed by atoms with van der Waals surface area (Å²) in [6.45, 7) is 1.83. The van der Waals surface area contributed by atoms with Gasteiger partial charge < -0.3 is 4.74 Å². The van der Waals surface area contributed by atoms with Gasteiger partial charge in [0.25, 0.3) is 0 Å². The molecule has 25 heavy (non-hydrogen) atoms. The quantitative estimate of drug-likeness (QED) is 0.440. The zero-order valence-corrected chi connectivity index (χ0v) is 13.5. The molecule has 0 aliphatic heterocycles. The standard InChI is InChI=1S/C21H15F2NO/c1-14-7-6-8-15(13-14)25-21(22,23)20-18-11-3-2-9-16(18)17-10-4-5-12-19(17)24-20/h2-13H,1H3. The smallest absolute Gasteiger partial charge is 0.428 e. The van der Waals surface area contributed by atoms with Crippen LogP contribution < -0.4 is 4.74 Å². The van der Waals surface area contributed by atoms with E-state index in [4.69, 9.17) is 4.74 Å². The second-order valence-electron chi connectivity index (χ2n) is 5.96. The molecule has 3 aromatic carbocycles. The third-order valence-electron chi connectivity index (χ3n) is 4.12. The molecule has 4 aromatic rings. The van der Waals surface area contributed by atoms with Crippen molar-refractivity contribution in [3.05, 3.63) is 84.1 Å². The van der Waals surface area contributed by atoms with E-state index in [0.717, 1.165) is 16.3 Å². The van der Waals surface area contributed by atoms with E-state index in [1.54, 1.807) is 36.4 Å². The van der Waals surface area contributed by atoms with Gasteiger partial charge in [-0.2, -0.15) is 8.78 Å². The lowest BCUT2D eigenvalue weighted by atomic mass is 10.0. The Morgan fingerprint density at radius 2 is 1.48 bits per heavy atom. The van der Waals surface area contributed by atoms with Crippen molar-refractivity contribution in [1.82, 2.24) is 4.98 Å². The van der Waals surface area contributed by atoms with E-state index in [9.17, 15) is 8.78 Å². The molecule has 0 spiro atoms. The van der Waals surface area contributed by atoms with Gasteiger partial charge in [-0.3, -0.25) is 0 Å². The number of para-hydroxylation sites is 1. The third-order valence-corrected chi connectivity index (χ3v) is 4.12. The van der Waals surface area contributed by atoms with Crippen molar-refractivity contribution < 1.29 is 13.5 Å². The number of aromatic nitrogens is 1. The average molecular weight is 335 g/mol. The molecular weight excluding hydrogens is 320 g/mol. The number of fused-ring (bicyclic) bond motifs is 3. The number of ether oxygens (including phenoxy) is 1. The van der Waals surface area contributed by atoms with Gasteiger partial charge in [0.1, 0.15) is 5.75 Å².